The summed E-state index contributed by atoms with van der Waals surface area (Å²) < 4.78 is 60.7. The largest absolute Gasteiger partial charge is 0.497 e. The van der Waals surface area contributed by atoms with Gasteiger partial charge >= 0.3 is 0 Å². The topological polar surface area (TPSA) is 96.0 Å². The van der Waals surface area contributed by atoms with E-state index in [0.717, 1.165) is 16.4 Å². The van der Waals surface area contributed by atoms with Crippen molar-refractivity contribution in [2.45, 2.75) is 50.7 Å². The molecular weight excluding hydrogens is 540 g/mol. The van der Waals surface area contributed by atoms with Crippen LogP contribution in [0, 0.1) is 11.6 Å². The molecule has 3 rings (SSSR count). The molecule has 1 unspecified atom stereocenters. The summed E-state index contributed by atoms with van der Waals surface area (Å²) >= 11 is 0. The number of ether oxygens (including phenoxy) is 1. The Hall–Kier alpha value is -3.99. The molecule has 0 spiro atoms. The fourth-order valence-corrected chi connectivity index (χ4v) is 5.27. The van der Waals surface area contributed by atoms with E-state index in [1.54, 1.807) is 20.8 Å². The standard InChI is InChI=1S/C29H33F2N3O5S/c1-20(28(36)32-29(2,3)4)33(18-21-6-8-22(30)9-7-21)27(35)19-34(24-12-10-23(31)11-13-24)40(37,38)26-16-14-25(39-5)15-17-26/h6-17,20H,18-19H2,1-5H3,(H,32,36). The second-order valence-electron chi connectivity index (χ2n) is 10.2. The molecule has 0 aliphatic rings. The summed E-state index contributed by atoms with van der Waals surface area (Å²) in [6, 6.07) is 14.7. The van der Waals surface area contributed by atoms with Crippen molar-refractivity contribution in [3.63, 3.8) is 0 Å². The van der Waals surface area contributed by atoms with E-state index in [-0.39, 0.29) is 17.1 Å². The molecule has 214 valence electrons. The minimum atomic E-state index is -4.32. The quantitative estimate of drug-likeness (QED) is 0.385. The highest BCUT2D eigenvalue weighted by molar-refractivity contribution is 7.92. The molecule has 0 aliphatic carbocycles. The van der Waals surface area contributed by atoms with Crippen LogP contribution in [0.5, 0.6) is 5.75 Å². The van der Waals surface area contributed by atoms with Crippen LogP contribution in [0.15, 0.2) is 77.7 Å². The Morgan fingerprint density at radius 2 is 1.43 bits per heavy atom. The molecule has 3 aromatic rings. The molecule has 40 heavy (non-hydrogen) atoms. The van der Waals surface area contributed by atoms with Crippen molar-refractivity contribution >= 4 is 27.5 Å². The molecule has 1 N–H and O–H groups in total. The summed E-state index contributed by atoms with van der Waals surface area (Å²) in [5.74, 6) is -1.75. The second-order valence-corrected chi connectivity index (χ2v) is 12.1. The number of sulfonamides is 1. The fourth-order valence-electron chi connectivity index (χ4n) is 3.85. The van der Waals surface area contributed by atoms with Gasteiger partial charge in [0, 0.05) is 12.1 Å². The number of rotatable bonds is 10. The van der Waals surface area contributed by atoms with Crippen LogP contribution in [0.3, 0.4) is 0 Å². The number of carbonyl (C=O) groups excluding carboxylic acids is 2. The third-order valence-electron chi connectivity index (χ3n) is 5.97. The van der Waals surface area contributed by atoms with Gasteiger partial charge in [0.1, 0.15) is 30.0 Å². The Morgan fingerprint density at radius 3 is 1.93 bits per heavy atom. The van der Waals surface area contributed by atoms with Gasteiger partial charge in [-0.2, -0.15) is 0 Å². The van der Waals surface area contributed by atoms with Crippen LogP contribution in [0.4, 0.5) is 14.5 Å². The van der Waals surface area contributed by atoms with Crippen molar-refractivity contribution in [1.82, 2.24) is 10.2 Å². The monoisotopic (exact) mass is 573 g/mol. The SMILES string of the molecule is COc1ccc(S(=O)(=O)N(CC(=O)N(Cc2ccc(F)cc2)C(C)C(=O)NC(C)(C)C)c2ccc(F)cc2)cc1. The van der Waals surface area contributed by atoms with Crippen molar-refractivity contribution < 1.29 is 31.5 Å². The molecule has 0 fully saturated rings. The molecule has 0 saturated heterocycles. The lowest BCUT2D eigenvalue weighted by molar-refractivity contribution is -0.140. The number of halogens is 2. The number of nitrogens with zero attached hydrogens (tertiary/aromatic N) is 2. The molecule has 0 heterocycles. The molecule has 0 aliphatic heterocycles. The average Bonchev–Trinajstić information content (AvgIpc) is 2.90. The summed E-state index contributed by atoms with van der Waals surface area (Å²) in [6.45, 7) is 6.14. The minimum absolute atomic E-state index is 0.0547. The van der Waals surface area contributed by atoms with Gasteiger partial charge in [-0.1, -0.05) is 12.1 Å². The van der Waals surface area contributed by atoms with Gasteiger partial charge in [-0.3, -0.25) is 13.9 Å². The Balaban J connectivity index is 2.03. The number of methoxy groups -OCH3 is 1. The number of anilines is 1. The van der Waals surface area contributed by atoms with Gasteiger partial charge in [0.15, 0.2) is 0 Å². The number of nitrogens with one attached hydrogen (secondary N) is 1. The van der Waals surface area contributed by atoms with Crippen molar-refractivity contribution in [1.29, 1.82) is 0 Å². The van der Waals surface area contributed by atoms with Crippen LogP contribution < -0.4 is 14.4 Å². The van der Waals surface area contributed by atoms with Crippen LogP contribution >= 0.6 is 0 Å². The lowest BCUT2D eigenvalue weighted by Gasteiger charge is -2.33. The number of carbonyl (C=O) groups is 2. The van der Waals surface area contributed by atoms with Crippen LogP contribution in [-0.4, -0.2) is 50.4 Å². The number of hydrogen-bond donors (Lipinski definition) is 1. The predicted molar refractivity (Wildman–Crippen MR) is 148 cm³/mol. The molecule has 8 nitrogen and oxygen atoms in total. The molecule has 0 saturated carbocycles. The minimum Gasteiger partial charge on any atom is -0.497 e. The highest BCUT2D eigenvalue weighted by atomic mass is 32.2. The molecule has 0 radical (unpaired) electrons. The van der Waals surface area contributed by atoms with E-state index in [9.17, 15) is 26.8 Å². The Morgan fingerprint density at radius 1 is 0.900 bits per heavy atom. The van der Waals surface area contributed by atoms with Gasteiger partial charge in [0.2, 0.25) is 11.8 Å². The first-order valence-corrected chi connectivity index (χ1v) is 13.9. The maximum Gasteiger partial charge on any atom is 0.264 e. The molecule has 3 aromatic carbocycles. The Labute approximate surface area is 233 Å². The van der Waals surface area contributed by atoms with Gasteiger partial charge in [0.25, 0.3) is 10.0 Å². The van der Waals surface area contributed by atoms with E-state index in [1.165, 1.54) is 79.6 Å². The maximum atomic E-state index is 13.8. The summed E-state index contributed by atoms with van der Waals surface area (Å²) in [5, 5.41) is 2.83. The summed E-state index contributed by atoms with van der Waals surface area (Å²) in [4.78, 5) is 28.0. The predicted octanol–water partition coefficient (Wildman–Crippen LogP) is 4.50. The first-order chi connectivity index (χ1) is 18.7. The lowest BCUT2D eigenvalue weighted by Crippen LogP contribution is -2.54. The normalized spacial score (nSPS) is 12.4. The van der Waals surface area contributed by atoms with E-state index in [1.807, 2.05) is 0 Å². The summed E-state index contributed by atoms with van der Waals surface area (Å²) in [6.07, 6.45) is 0. The van der Waals surface area contributed by atoms with E-state index in [2.05, 4.69) is 5.32 Å². The van der Waals surface area contributed by atoms with Gasteiger partial charge in [0.05, 0.1) is 17.7 Å². The first-order valence-electron chi connectivity index (χ1n) is 12.5. The second kappa shape index (κ2) is 12.5. The van der Waals surface area contributed by atoms with Crippen molar-refractivity contribution in [2.24, 2.45) is 0 Å². The smallest absolute Gasteiger partial charge is 0.264 e. The molecule has 11 heteroatoms. The molecule has 2 amide bonds. The van der Waals surface area contributed by atoms with Crippen LogP contribution in [-0.2, 0) is 26.2 Å². The van der Waals surface area contributed by atoms with Crippen LogP contribution in [0.2, 0.25) is 0 Å². The zero-order chi connectivity index (χ0) is 29.7. The molecular formula is C29H33F2N3O5S. The zero-order valence-corrected chi connectivity index (χ0v) is 23.8. The van der Waals surface area contributed by atoms with Crippen molar-refractivity contribution in [3.05, 3.63) is 90.0 Å². The van der Waals surface area contributed by atoms with Gasteiger partial charge in [-0.05, 0) is 93.9 Å². The van der Waals surface area contributed by atoms with E-state index < -0.39 is 51.6 Å². The van der Waals surface area contributed by atoms with Gasteiger partial charge in [-0.15, -0.1) is 0 Å². The number of benzene rings is 3. The van der Waals surface area contributed by atoms with Crippen LogP contribution in [0.25, 0.3) is 0 Å². The fraction of sp³-hybridized carbons (Fsp3) is 0.310. The first kappa shape index (κ1) is 30.6. The number of hydrogen-bond acceptors (Lipinski definition) is 5. The van der Waals surface area contributed by atoms with Crippen molar-refractivity contribution in [2.75, 3.05) is 18.0 Å². The Bertz CT molecular complexity index is 1420. The highest BCUT2D eigenvalue weighted by Crippen LogP contribution is 2.26. The highest BCUT2D eigenvalue weighted by Gasteiger charge is 2.33. The summed E-state index contributed by atoms with van der Waals surface area (Å²) in [7, 11) is -2.87. The maximum absolute atomic E-state index is 13.8. The van der Waals surface area contributed by atoms with Crippen molar-refractivity contribution in [3.8, 4) is 5.75 Å². The Kier molecular flexibility index (Phi) is 9.52. The van der Waals surface area contributed by atoms with Gasteiger partial charge in [-0.25, -0.2) is 17.2 Å². The summed E-state index contributed by atoms with van der Waals surface area (Å²) in [5.41, 5.74) is 0.00365. The van der Waals surface area contributed by atoms with E-state index in [0.29, 0.717) is 11.3 Å². The lowest BCUT2D eigenvalue weighted by atomic mass is 10.1. The van der Waals surface area contributed by atoms with E-state index >= 15 is 0 Å². The van der Waals surface area contributed by atoms with E-state index in [4.69, 9.17) is 4.74 Å². The zero-order valence-electron chi connectivity index (χ0n) is 23.0. The molecule has 0 bridgehead atoms. The van der Waals surface area contributed by atoms with Gasteiger partial charge < -0.3 is 15.0 Å². The number of amides is 2. The third kappa shape index (κ3) is 7.78. The molecule has 1 atom stereocenters. The average molecular weight is 574 g/mol. The third-order valence-corrected chi connectivity index (χ3v) is 7.76. The molecule has 0 aromatic heterocycles. The van der Waals surface area contributed by atoms with Crippen LogP contribution in [0.1, 0.15) is 33.3 Å².